The number of hydrogen-bond acceptors (Lipinski definition) is 4. The van der Waals surface area contributed by atoms with Gasteiger partial charge in [-0.05, 0) is 29.5 Å². The summed E-state index contributed by atoms with van der Waals surface area (Å²) in [6.07, 6.45) is 3.31. The first-order valence-corrected chi connectivity index (χ1v) is 5.74. The molecule has 14 heavy (non-hydrogen) atoms. The van der Waals surface area contributed by atoms with E-state index in [0.29, 0.717) is 9.39 Å². The molecule has 0 saturated carbocycles. The molecule has 2 aromatic rings. The number of aromatic amines is 1. The lowest BCUT2D eigenvalue weighted by Crippen LogP contribution is -2.11. The monoisotopic (exact) mass is 319 g/mol. The number of thiazole rings is 1. The summed E-state index contributed by atoms with van der Waals surface area (Å²) < 4.78 is 0.583. The summed E-state index contributed by atoms with van der Waals surface area (Å²) >= 11 is 3.45. The number of H-pyrrole nitrogens is 1. The molecule has 0 aromatic carbocycles. The van der Waals surface area contributed by atoms with Crippen LogP contribution in [0.5, 0.6) is 0 Å². The van der Waals surface area contributed by atoms with E-state index in [1.165, 1.54) is 11.3 Å². The van der Waals surface area contributed by atoms with E-state index in [0.717, 1.165) is 9.88 Å². The molecule has 72 valence electrons. The lowest BCUT2D eigenvalue weighted by Gasteiger charge is -1.94. The molecule has 4 nitrogen and oxygen atoms in total. The molecule has 2 heterocycles. The SMILES string of the molecule is Cc1cnc(-c2ncc(I)c(=O)[nH]2)s1. The van der Waals surface area contributed by atoms with Gasteiger partial charge in [-0.1, -0.05) is 0 Å². The zero-order valence-corrected chi connectivity index (χ0v) is 10.2. The van der Waals surface area contributed by atoms with Crippen molar-refractivity contribution in [2.75, 3.05) is 0 Å². The van der Waals surface area contributed by atoms with Crippen LogP contribution in [0.25, 0.3) is 10.8 Å². The maximum absolute atomic E-state index is 11.3. The maximum atomic E-state index is 11.3. The zero-order valence-electron chi connectivity index (χ0n) is 7.24. The Morgan fingerprint density at radius 3 is 2.79 bits per heavy atom. The number of rotatable bonds is 1. The smallest absolute Gasteiger partial charge is 0.264 e. The molecule has 2 aromatic heterocycles. The second-order valence-electron chi connectivity index (χ2n) is 2.68. The second-order valence-corrected chi connectivity index (χ2v) is 5.08. The van der Waals surface area contributed by atoms with Crippen molar-refractivity contribution in [2.45, 2.75) is 6.92 Å². The molecule has 0 aliphatic heterocycles. The highest BCUT2D eigenvalue weighted by Gasteiger charge is 2.05. The van der Waals surface area contributed by atoms with Crippen LogP contribution in [0.1, 0.15) is 4.88 Å². The van der Waals surface area contributed by atoms with E-state index >= 15 is 0 Å². The molecule has 0 aliphatic rings. The largest absolute Gasteiger partial charge is 0.304 e. The zero-order chi connectivity index (χ0) is 10.1. The molecule has 2 rings (SSSR count). The van der Waals surface area contributed by atoms with Gasteiger partial charge in [0, 0.05) is 17.3 Å². The average molecular weight is 319 g/mol. The van der Waals surface area contributed by atoms with Gasteiger partial charge in [-0.2, -0.15) is 0 Å². The van der Waals surface area contributed by atoms with Gasteiger partial charge < -0.3 is 4.98 Å². The number of nitrogens with one attached hydrogen (secondary N) is 1. The number of nitrogens with zero attached hydrogens (tertiary/aromatic N) is 2. The van der Waals surface area contributed by atoms with Gasteiger partial charge in [0.2, 0.25) is 0 Å². The molecule has 0 amide bonds. The van der Waals surface area contributed by atoms with Gasteiger partial charge in [-0.3, -0.25) is 4.79 Å². The molecule has 6 heteroatoms. The van der Waals surface area contributed by atoms with E-state index in [9.17, 15) is 4.79 Å². The van der Waals surface area contributed by atoms with Crippen molar-refractivity contribution in [3.63, 3.8) is 0 Å². The minimum atomic E-state index is -0.122. The Hall–Kier alpha value is -0.760. The summed E-state index contributed by atoms with van der Waals surface area (Å²) in [4.78, 5) is 23.3. The van der Waals surface area contributed by atoms with Crippen molar-refractivity contribution in [3.8, 4) is 10.8 Å². The fraction of sp³-hybridized carbons (Fsp3) is 0.125. The van der Waals surface area contributed by atoms with Crippen LogP contribution in [-0.2, 0) is 0 Å². The standard InChI is InChI=1S/C8H6IN3OS/c1-4-2-11-8(14-4)6-10-3-5(9)7(13)12-6/h2-3H,1H3,(H,10,12,13). The van der Waals surface area contributed by atoms with E-state index in [1.54, 1.807) is 12.4 Å². The van der Waals surface area contributed by atoms with Crippen molar-refractivity contribution in [1.29, 1.82) is 0 Å². The van der Waals surface area contributed by atoms with Gasteiger partial charge in [0.15, 0.2) is 10.8 Å². The summed E-state index contributed by atoms with van der Waals surface area (Å²) in [7, 11) is 0. The highest BCUT2D eigenvalue weighted by molar-refractivity contribution is 14.1. The lowest BCUT2D eigenvalue weighted by molar-refractivity contribution is 1.10. The Balaban J connectivity index is 2.53. The fourth-order valence-electron chi connectivity index (χ4n) is 0.952. The molecule has 0 spiro atoms. The predicted molar refractivity (Wildman–Crippen MR) is 63.4 cm³/mol. The number of halogens is 1. The van der Waals surface area contributed by atoms with Crippen LogP contribution in [0, 0.1) is 10.5 Å². The third-order valence-electron chi connectivity index (χ3n) is 1.58. The van der Waals surface area contributed by atoms with E-state index in [1.807, 2.05) is 29.5 Å². The van der Waals surface area contributed by atoms with Crippen LogP contribution in [0.15, 0.2) is 17.2 Å². The maximum Gasteiger partial charge on any atom is 0.264 e. The van der Waals surface area contributed by atoms with Crippen molar-refractivity contribution in [1.82, 2.24) is 15.0 Å². The Bertz CT molecular complexity index is 519. The van der Waals surface area contributed by atoms with Crippen LogP contribution < -0.4 is 5.56 Å². The van der Waals surface area contributed by atoms with Crippen LogP contribution in [0.2, 0.25) is 0 Å². The first-order valence-electron chi connectivity index (χ1n) is 3.84. The summed E-state index contributed by atoms with van der Waals surface area (Å²) in [6.45, 7) is 1.96. The fourth-order valence-corrected chi connectivity index (χ4v) is 1.94. The first kappa shape index (κ1) is 9.78. The Morgan fingerprint density at radius 1 is 1.43 bits per heavy atom. The molecule has 0 aliphatic carbocycles. The third-order valence-corrected chi connectivity index (χ3v) is 3.27. The van der Waals surface area contributed by atoms with Crippen LogP contribution in [0.4, 0.5) is 0 Å². The highest BCUT2D eigenvalue weighted by atomic mass is 127. The molecular weight excluding hydrogens is 313 g/mol. The van der Waals surface area contributed by atoms with Gasteiger partial charge in [0.05, 0.1) is 3.57 Å². The number of hydrogen-bond donors (Lipinski definition) is 1. The van der Waals surface area contributed by atoms with E-state index in [4.69, 9.17) is 0 Å². The molecular formula is C8H6IN3OS. The Labute approximate surface area is 97.6 Å². The molecule has 1 N–H and O–H groups in total. The Kier molecular flexibility index (Phi) is 2.64. The topological polar surface area (TPSA) is 58.6 Å². The minimum Gasteiger partial charge on any atom is -0.304 e. The van der Waals surface area contributed by atoms with E-state index in [-0.39, 0.29) is 5.56 Å². The van der Waals surface area contributed by atoms with Crippen molar-refractivity contribution in [2.24, 2.45) is 0 Å². The van der Waals surface area contributed by atoms with Gasteiger partial charge in [-0.15, -0.1) is 11.3 Å². The normalized spacial score (nSPS) is 10.4. The molecule has 0 radical (unpaired) electrons. The summed E-state index contributed by atoms with van der Waals surface area (Å²) in [6, 6.07) is 0. The molecule has 0 unspecified atom stereocenters. The van der Waals surface area contributed by atoms with Crippen LogP contribution >= 0.6 is 33.9 Å². The van der Waals surface area contributed by atoms with Crippen molar-refractivity contribution >= 4 is 33.9 Å². The highest BCUT2D eigenvalue weighted by Crippen LogP contribution is 2.19. The van der Waals surface area contributed by atoms with Gasteiger partial charge in [0.1, 0.15) is 0 Å². The van der Waals surface area contributed by atoms with E-state index < -0.39 is 0 Å². The van der Waals surface area contributed by atoms with Gasteiger partial charge in [0.25, 0.3) is 5.56 Å². The molecule has 0 fully saturated rings. The lowest BCUT2D eigenvalue weighted by atomic mass is 10.5. The van der Waals surface area contributed by atoms with Crippen LogP contribution in [0.3, 0.4) is 0 Å². The van der Waals surface area contributed by atoms with Gasteiger partial charge >= 0.3 is 0 Å². The Morgan fingerprint density at radius 2 is 2.21 bits per heavy atom. The number of aryl methyl sites for hydroxylation is 1. The number of aromatic nitrogens is 3. The van der Waals surface area contributed by atoms with Crippen molar-refractivity contribution in [3.05, 3.63) is 31.2 Å². The van der Waals surface area contributed by atoms with Crippen molar-refractivity contribution < 1.29 is 0 Å². The predicted octanol–water partition coefficient (Wildman–Crippen LogP) is 1.81. The summed E-state index contributed by atoms with van der Waals surface area (Å²) in [5.74, 6) is 0.536. The quantitative estimate of drug-likeness (QED) is 0.816. The first-order chi connectivity index (χ1) is 6.66. The average Bonchev–Trinajstić information content (AvgIpc) is 2.57. The summed E-state index contributed by atoms with van der Waals surface area (Å²) in [5.41, 5.74) is -0.122. The van der Waals surface area contributed by atoms with Crippen LogP contribution in [-0.4, -0.2) is 15.0 Å². The molecule has 0 saturated heterocycles. The molecule has 0 bridgehead atoms. The summed E-state index contributed by atoms with van der Waals surface area (Å²) in [5, 5.41) is 0.746. The second kappa shape index (κ2) is 3.77. The van der Waals surface area contributed by atoms with E-state index in [2.05, 4.69) is 15.0 Å². The van der Waals surface area contributed by atoms with Gasteiger partial charge in [-0.25, -0.2) is 9.97 Å². The minimum absolute atomic E-state index is 0.122. The molecule has 0 atom stereocenters. The third kappa shape index (κ3) is 1.85.